The van der Waals surface area contributed by atoms with Crippen LogP contribution in [0.4, 0.5) is 30.2 Å². The molecule has 0 saturated carbocycles. The highest BCUT2D eigenvalue weighted by atomic mass is 19.4. The minimum absolute atomic E-state index is 0.116. The average molecular weight is 421 g/mol. The molecular weight excluding hydrogens is 399 g/mol. The first kappa shape index (κ1) is 21.6. The quantitative estimate of drug-likeness (QED) is 0.761. The first-order valence-electron chi connectivity index (χ1n) is 9.37. The van der Waals surface area contributed by atoms with Crippen LogP contribution in [0.15, 0.2) is 42.5 Å². The number of hydrogen-bond acceptors (Lipinski definition) is 4. The Morgan fingerprint density at radius 3 is 2.50 bits per heavy atom. The van der Waals surface area contributed by atoms with Gasteiger partial charge in [-0.3, -0.25) is 9.59 Å². The number of hydrogen-bond donors (Lipinski definition) is 2. The van der Waals surface area contributed by atoms with Crippen LogP contribution in [-0.4, -0.2) is 38.6 Å². The van der Waals surface area contributed by atoms with Gasteiger partial charge in [0.25, 0.3) is 11.8 Å². The van der Waals surface area contributed by atoms with E-state index in [1.54, 1.807) is 31.1 Å². The minimum atomic E-state index is -4.63. The Morgan fingerprint density at radius 1 is 1.10 bits per heavy atom. The highest BCUT2D eigenvalue weighted by Crippen LogP contribution is 2.37. The molecule has 1 atom stereocenters. The zero-order valence-electron chi connectivity index (χ0n) is 16.5. The topological polar surface area (TPSA) is 70.7 Å². The van der Waals surface area contributed by atoms with Crippen molar-refractivity contribution in [3.05, 3.63) is 53.6 Å². The number of alkyl halides is 3. The van der Waals surface area contributed by atoms with Crippen molar-refractivity contribution in [2.24, 2.45) is 0 Å². The molecule has 0 aliphatic carbocycles. The molecule has 1 fully saturated rings. The smallest absolute Gasteiger partial charge is 0.378 e. The van der Waals surface area contributed by atoms with Gasteiger partial charge in [-0.1, -0.05) is 6.07 Å². The largest absolute Gasteiger partial charge is 0.418 e. The van der Waals surface area contributed by atoms with Crippen molar-refractivity contribution in [1.82, 2.24) is 0 Å². The number of nitrogens with zero attached hydrogens (tertiary/aromatic N) is 1. The summed E-state index contributed by atoms with van der Waals surface area (Å²) >= 11 is 0. The van der Waals surface area contributed by atoms with Gasteiger partial charge in [-0.15, -0.1) is 0 Å². The van der Waals surface area contributed by atoms with E-state index >= 15 is 0 Å². The Labute approximate surface area is 172 Å². The molecule has 1 saturated heterocycles. The Morgan fingerprint density at radius 2 is 1.87 bits per heavy atom. The van der Waals surface area contributed by atoms with Crippen molar-refractivity contribution < 1.29 is 27.5 Å². The van der Waals surface area contributed by atoms with E-state index in [-0.39, 0.29) is 17.2 Å². The zero-order chi connectivity index (χ0) is 21.9. The van der Waals surface area contributed by atoms with E-state index in [0.717, 1.165) is 12.5 Å². The maximum Gasteiger partial charge on any atom is 0.418 e. The summed E-state index contributed by atoms with van der Waals surface area (Å²) in [6.07, 6.45) is -3.75. The van der Waals surface area contributed by atoms with Crippen molar-refractivity contribution in [3.8, 4) is 0 Å². The lowest BCUT2D eigenvalue weighted by Crippen LogP contribution is -2.27. The maximum absolute atomic E-state index is 13.5. The summed E-state index contributed by atoms with van der Waals surface area (Å²) in [5.41, 5.74) is -0.442. The van der Waals surface area contributed by atoms with Gasteiger partial charge in [0.15, 0.2) is 0 Å². The van der Waals surface area contributed by atoms with E-state index in [2.05, 4.69) is 10.6 Å². The lowest BCUT2D eigenvalue weighted by Gasteiger charge is -2.19. The van der Waals surface area contributed by atoms with E-state index in [0.29, 0.717) is 24.4 Å². The number of amides is 2. The lowest BCUT2D eigenvalue weighted by molar-refractivity contribution is -0.136. The number of nitrogens with one attached hydrogen (secondary N) is 2. The van der Waals surface area contributed by atoms with Crippen LogP contribution in [0.1, 0.15) is 28.8 Å². The molecule has 1 aliphatic heterocycles. The summed E-state index contributed by atoms with van der Waals surface area (Å²) < 4.78 is 45.7. The highest BCUT2D eigenvalue weighted by Gasteiger charge is 2.34. The molecule has 3 rings (SSSR count). The molecule has 9 heteroatoms. The normalized spacial score (nSPS) is 16.2. The van der Waals surface area contributed by atoms with Crippen LogP contribution in [0.3, 0.4) is 0 Å². The Kier molecular flexibility index (Phi) is 6.31. The van der Waals surface area contributed by atoms with Crippen LogP contribution in [0.25, 0.3) is 0 Å². The van der Waals surface area contributed by atoms with Gasteiger partial charge < -0.3 is 20.3 Å². The van der Waals surface area contributed by atoms with E-state index in [1.165, 1.54) is 24.3 Å². The van der Waals surface area contributed by atoms with E-state index in [9.17, 15) is 22.8 Å². The first-order chi connectivity index (χ1) is 14.1. The van der Waals surface area contributed by atoms with Gasteiger partial charge in [-0.25, -0.2) is 0 Å². The SMILES string of the molecule is CN(C)c1ccc(NC(=O)c2cccc(NC(=O)C3CCCO3)c2)c(C(F)(F)F)c1. The van der Waals surface area contributed by atoms with Gasteiger partial charge in [-0.2, -0.15) is 13.2 Å². The number of carbonyl (C=O) groups is 2. The molecule has 0 spiro atoms. The number of ether oxygens (including phenoxy) is 1. The van der Waals surface area contributed by atoms with Crippen LogP contribution in [-0.2, 0) is 15.7 Å². The molecule has 1 aliphatic rings. The lowest BCUT2D eigenvalue weighted by atomic mass is 10.1. The number of benzene rings is 2. The average Bonchev–Trinajstić information content (AvgIpc) is 3.22. The molecule has 1 unspecified atom stereocenters. The fraction of sp³-hybridized carbons (Fsp3) is 0.333. The molecule has 30 heavy (non-hydrogen) atoms. The van der Waals surface area contributed by atoms with Crippen molar-refractivity contribution in [2.45, 2.75) is 25.1 Å². The molecule has 1 heterocycles. The Bertz CT molecular complexity index is 939. The predicted octanol–water partition coefficient (Wildman–Crippen LogP) is 4.14. The van der Waals surface area contributed by atoms with Gasteiger partial charge in [0.2, 0.25) is 0 Å². The van der Waals surface area contributed by atoms with Crippen LogP contribution in [0.2, 0.25) is 0 Å². The third-order valence-corrected chi connectivity index (χ3v) is 4.69. The highest BCUT2D eigenvalue weighted by molar-refractivity contribution is 6.06. The molecular formula is C21H22F3N3O3. The fourth-order valence-electron chi connectivity index (χ4n) is 3.09. The zero-order valence-corrected chi connectivity index (χ0v) is 16.5. The van der Waals surface area contributed by atoms with Gasteiger partial charge in [-0.05, 0) is 49.2 Å². The molecule has 0 aromatic heterocycles. The molecule has 0 radical (unpaired) electrons. The van der Waals surface area contributed by atoms with Crippen LogP contribution < -0.4 is 15.5 Å². The molecule has 2 N–H and O–H groups in total. The first-order valence-corrected chi connectivity index (χ1v) is 9.37. The molecule has 2 amide bonds. The second kappa shape index (κ2) is 8.74. The molecule has 6 nitrogen and oxygen atoms in total. The summed E-state index contributed by atoms with van der Waals surface area (Å²) in [5, 5.41) is 4.99. The molecule has 0 bridgehead atoms. The minimum Gasteiger partial charge on any atom is -0.378 e. The van der Waals surface area contributed by atoms with E-state index in [1.807, 2.05) is 0 Å². The number of rotatable bonds is 5. The van der Waals surface area contributed by atoms with Crippen LogP contribution in [0.5, 0.6) is 0 Å². The third-order valence-electron chi connectivity index (χ3n) is 4.69. The second-order valence-electron chi connectivity index (χ2n) is 7.15. The number of carbonyl (C=O) groups excluding carboxylic acids is 2. The van der Waals surface area contributed by atoms with Crippen molar-refractivity contribution in [1.29, 1.82) is 0 Å². The second-order valence-corrected chi connectivity index (χ2v) is 7.15. The number of halogens is 3. The van der Waals surface area contributed by atoms with Crippen molar-refractivity contribution in [2.75, 3.05) is 36.2 Å². The van der Waals surface area contributed by atoms with E-state index < -0.39 is 23.8 Å². The Balaban J connectivity index is 1.78. The van der Waals surface area contributed by atoms with Crippen molar-refractivity contribution >= 4 is 28.9 Å². The van der Waals surface area contributed by atoms with Gasteiger partial charge in [0.05, 0.1) is 11.3 Å². The van der Waals surface area contributed by atoms with Gasteiger partial charge >= 0.3 is 6.18 Å². The van der Waals surface area contributed by atoms with Crippen molar-refractivity contribution in [3.63, 3.8) is 0 Å². The van der Waals surface area contributed by atoms with E-state index in [4.69, 9.17) is 4.74 Å². The van der Waals surface area contributed by atoms with Gasteiger partial charge in [0, 0.05) is 37.6 Å². The van der Waals surface area contributed by atoms with Crippen LogP contribution >= 0.6 is 0 Å². The van der Waals surface area contributed by atoms with Crippen LogP contribution in [0, 0.1) is 0 Å². The number of anilines is 3. The molecule has 160 valence electrons. The third kappa shape index (κ3) is 5.10. The monoisotopic (exact) mass is 421 g/mol. The summed E-state index contributed by atoms with van der Waals surface area (Å²) in [6, 6.07) is 9.69. The predicted molar refractivity (Wildman–Crippen MR) is 108 cm³/mol. The standard InChI is InChI=1S/C21H22F3N3O3/c1-27(2)15-8-9-17(16(12-15)21(22,23)24)26-19(28)13-5-3-6-14(11-13)25-20(29)18-7-4-10-30-18/h3,5-6,8-9,11-12,18H,4,7,10H2,1-2H3,(H,25,29)(H,26,28). The summed E-state index contributed by atoms with van der Waals surface area (Å²) in [7, 11) is 3.26. The summed E-state index contributed by atoms with van der Waals surface area (Å²) in [6.45, 7) is 0.523. The summed E-state index contributed by atoms with van der Waals surface area (Å²) in [4.78, 5) is 26.3. The van der Waals surface area contributed by atoms with Gasteiger partial charge in [0.1, 0.15) is 6.10 Å². The summed E-state index contributed by atoms with van der Waals surface area (Å²) in [5.74, 6) is -1.03. The fourth-order valence-corrected chi connectivity index (χ4v) is 3.09. The maximum atomic E-state index is 13.5. The molecule has 2 aromatic carbocycles. The Hall–Kier alpha value is -3.07. The molecule has 2 aromatic rings.